The molecule has 3 rings (SSSR count). The molecule has 0 aromatic heterocycles. The Bertz CT molecular complexity index is 817. The van der Waals surface area contributed by atoms with Crippen molar-refractivity contribution in [2.45, 2.75) is 13.3 Å². The molecule has 7 heteroatoms. The van der Waals surface area contributed by atoms with Crippen molar-refractivity contribution < 1.29 is 14.0 Å². The summed E-state index contributed by atoms with van der Waals surface area (Å²) >= 11 is 0. The number of nitrogens with zero attached hydrogens (tertiary/aromatic N) is 2. The molecule has 1 saturated heterocycles. The Kier molecular flexibility index (Phi) is 6.47. The Labute approximate surface area is 164 Å². The molecule has 0 atom stereocenters. The van der Waals surface area contributed by atoms with Crippen molar-refractivity contribution in [3.63, 3.8) is 0 Å². The van der Waals surface area contributed by atoms with Crippen LogP contribution >= 0.6 is 0 Å². The van der Waals surface area contributed by atoms with E-state index >= 15 is 0 Å². The van der Waals surface area contributed by atoms with Crippen molar-refractivity contribution in [2.24, 2.45) is 0 Å². The van der Waals surface area contributed by atoms with Crippen LogP contribution in [-0.2, 0) is 11.2 Å². The van der Waals surface area contributed by atoms with Crippen LogP contribution in [0.1, 0.15) is 12.5 Å². The number of nitrogens with one attached hydrogen (secondary N) is 2. The molecule has 28 heavy (non-hydrogen) atoms. The topological polar surface area (TPSA) is 64.7 Å². The van der Waals surface area contributed by atoms with Crippen LogP contribution in [0.2, 0.25) is 0 Å². The molecule has 0 radical (unpaired) electrons. The minimum Gasteiger partial charge on any atom is -0.368 e. The second-order valence-corrected chi connectivity index (χ2v) is 6.78. The van der Waals surface area contributed by atoms with Crippen molar-refractivity contribution in [3.05, 3.63) is 59.9 Å². The fraction of sp³-hybridized carbons (Fsp3) is 0.333. The van der Waals surface area contributed by atoms with Gasteiger partial charge in [0.05, 0.1) is 0 Å². The molecule has 6 nitrogen and oxygen atoms in total. The molecule has 1 heterocycles. The number of rotatable bonds is 5. The standard InChI is InChI=1S/C21H25FN4O2/c1-16(27)24-18-6-8-19(9-7-18)25-12-14-26(15-13-25)21(28)23-11-10-17-4-2-3-5-20(17)22/h2-9H,10-15H2,1H3,(H,23,28)(H,24,27). The highest BCUT2D eigenvalue weighted by Gasteiger charge is 2.21. The molecular formula is C21H25FN4O2. The highest BCUT2D eigenvalue weighted by Crippen LogP contribution is 2.19. The molecule has 3 amide bonds. The lowest BCUT2D eigenvalue weighted by molar-refractivity contribution is -0.114. The fourth-order valence-electron chi connectivity index (χ4n) is 3.24. The quantitative estimate of drug-likeness (QED) is 0.833. The van der Waals surface area contributed by atoms with Gasteiger partial charge in [-0.25, -0.2) is 9.18 Å². The highest BCUT2D eigenvalue weighted by atomic mass is 19.1. The van der Waals surface area contributed by atoms with E-state index in [0.717, 1.165) is 24.5 Å². The van der Waals surface area contributed by atoms with E-state index in [4.69, 9.17) is 0 Å². The van der Waals surface area contributed by atoms with E-state index in [1.54, 1.807) is 23.1 Å². The summed E-state index contributed by atoms with van der Waals surface area (Å²) in [6.45, 7) is 4.61. The molecule has 0 bridgehead atoms. The van der Waals surface area contributed by atoms with Crippen molar-refractivity contribution in [2.75, 3.05) is 42.9 Å². The molecule has 148 valence electrons. The molecule has 2 aromatic carbocycles. The number of anilines is 2. The average molecular weight is 384 g/mol. The predicted molar refractivity (Wildman–Crippen MR) is 108 cm³/mol. The third-order valence-corrected chi connectivity index (χ3v) is 4.75. The van der Waals surface area contributed by atoms with E-state index in [0.29, 0.717) is 31.6 Å². The number of urea groups is 1. The van der Waals surface area contributed by atoms with Crippen LogP contribution in [0, 0.1) is 5.82 Å². The summed E-state index contributed by atoms with van der Waals surface area (Å²) in [5.74, 6) is -0.336. The molecule has 0 unspecified atom stereocenters. The van der Waals surface area contributed by atoms with Gasteiger partial charge in [-0.3, -0.25) is 4.79 Å². The first-order valence-electron chi connectivity index (χ1n) is 9.42. The second kappa shape index (κ2) is 9.21. The number of halogens is 1. The normalized spacial score (nSPS) is 13.9. The maximum absolute atomic E-state index is 13.6. The maximum Gasteiger partial charge on any atom is 0.317 e. The van der Waals surface area contributed by atoms with Gasteiger partial charge in [0.2, 0.25) is 5.91 Å². The smallest absolute Gasteiger partial charge is 0.317 e. The predicted octanol–water partition coefficient (Wildman–Crippen LogP) is 2.86. The van der Waals surface area contributed by atoms with Crippen molar-refractivity contribution in [1.82, 2.24) is 10.2 Å². The lowest BCUT2D eigenvalue weighted by Gasteiger charge is -2.36. The minimum atomic E-state index is -0.241. The van der Waals surface area contributed by atoms with Gasteiger partial charge in [-0.2, -0.15) is 0 Å². The first kappa shape index (κ1) is 19.7. The molecule has 1 aliphatic heterocycles. The van der Waals surface area contributed by atoms with Gasteiger partial charge >= 0.3 is 6.03 Å². The van der Waals surface area contributed by atoms with Crippen LogP contribution in [-0.4, -0.2) is 49.6 Å². The molecular weight excluding hydrogens is 359 g/mol. The van der Waals surface area contributed by atoms with E-state index in [1.807, 2.05) is 24.3 Å². The summed E-state index contributed by atoms with van der Waals surface area (Å²) in [5.41, 5.74) is 2.44. The largest absolute Gasteiger partial charge is 0.368 e. The van der Waals surface area contributed by atoms with Crippen LogP contribution < -0.4 is 15.5 Å². The van der Waals surface area contributed by atoms with E-state index in [1.165, 1.54) is 13.0 Å². The average Bonchev–Trinajstić information content (AvgIpc) is 2.70. The molecule has 1 fully saturated rings. The van der Waals surface area contributed by atoms with Crippen LogP contribution in [0.25, 0.3) is 0 Å². The van der Waals surface area contributed by atoms with Gasteiger partial charge in [-0.05, 0) is 42.3 Å². The van der Waals surface area contributed by atoms with Crippen LogP contribution in [0.5, 0.6) is 0 Å². The van der Waals surface area contributed by atoms with E-state index < -0.39 is 0 Å². The Hall–Kier alpha value is -3.09. The van der Waals surface area contributed by atoms with E-state index in [2.05, 4.69) is 15.5 Å². The number of hydrogen-bond donors (Lipinski definition) is 2. The fourth-order valence-corrected chi connectivity index (χ4v) is 3.24. The van der Waals surface area contributed by atoms with Gasteiger partial charge in [0.15, 0.2) is 0 Å². The Morgan fingerprint density at radius 2 is 1.68 bits per heavy atom. The summed E-state index contributed by atoms with van der Waals surface area (Å²) in [4.78, 5) is 27.4. The second-order valence-electron chi connectivity index (χ2n) is 6.78. The summed E-state index contributed by atoms with van der Waals surface area (Å²) < 4.78 is 13.6. The monoisotopic (exact) mass is 384 g/mol. The zero-order chi connectivity index (χ0) is 19.9. The maximum atomic E-state index is 13.6. The summed E-state index contributed by atoms with van der Waals surface area (Å²) in [5, 5.41) is 5.62. The number of hydrogen-bond acceptors (Lipinski definition) is 3. The van der Waals surface area contributed by atoms with E-state index in [9.17, 15) is 14.0 Å². The third-order valence-electron chi connectivity index (χ3n) is 4.75. The zero-order valence-corrected chi connectivity index (χ0v) is 16.0. The molecule has 0 saturated carbocycles. The minimum absolute atomic E-state index is 0.0950. The molecule has 0 spiro atoms. The molecule has 1 aliphatic rings. The lowest BCUT2D eigenvalue weighted by atomic mass is 10.1. The Morgan fingerprint density at radius 3 is 2.32 bits per heavy atom. The van der Waals surface area contributed by atoms with Gasteiger partial charge in [-0.15, -0.1) is 0 Å². The van der Waals surface area contributed by atoms with Gasteiger partial charge < -0.3 is 20.4 Å². The number of carbonyl (C=O) groups excluding carboxylic acids is 2. The van der Waals surface area contributed by atoms with Gasteiger partial charge in [-0.1, -0.05) is 18.2 Å². The highest BCUT2D eigenvalue weighted by molar-refractivity contribution is 5.88. The molecule has 2 aromatic rings. The van der Waals surface area contributed by atoms with Crippen LogP contribution in [0.4, 0.5) is 20.6 Å². The molecule has 0 aliphatic carbocycles. The lowest BCUT2D eigenvalue weighted by Crippen LogP contribution is -2.52. The first-order chi connectivity index (χ1) is 13.5. The Balaban J connectivity index is 1.43. The van der Waals surface area contributed by atoms with Crippen molar-refractivity contribution in [3.8, 4) is 0 Å². The number of amides is 3. The van der Waals surface area contributed by atoms with Gasteiger partial charge in [0.25, 0.3) is 0 Å². The number of piperazine rings is 1. The van der Waals surface area contributed by atoms with Crippen molar-refractivity contribution in [1.29, 1.82) is 0 Å². The van der Waals surface area contributed by atoms with Crippen LogP contribution in [0.15, 0.2) is 48.5 Å². The number of benzene rings is 2. The number of carbonyl (C=O) groups is 2. The van der Waals surface area contributed by atoms with Crippen molar-refractivity contribution >= 4 is 23.3 Å². The SMILES string of the molecule is CC(=O)Nc1ccc(N2CCN(C(=O)NCCc3ccccc3F)CC2)cc1. The van der Waals surface area contributed by atoms with Gasteiger partial charge in [0.1, 0.15) is 5.82 Å². The summed E-state index contributed by atoms with van der Waals surface area (Å²) in [6, 6.07) is 14.2. The first-order valence-corrected chi connectivity index (χ1v) is 9.42. The van der Waals surface area contributed by atoms with Gasteiger partial charge in [0, 0.05) is 51.0 Å². The summed E-state index contributed by atoms with van der Waals surface area (Å²) in [7, 11) is 0. The molecule has 2 N–H and O–H groups in total. The van der Waals surface area contributed by atoms with E-state index in [-0.39, 0.29) is 17.8 Å². The van der Waals surface area contributed by atoms with Crippen LogP contribution in [0.3, 0.4) is 0 Å². The third kappa shape index (κ3) is 5.22. The summed E-state index contributed by atoms with van der Waals surface area (Å²) in [6.07, 6.45) is 0.471. The Morgan fingerprint density at radius 1 is 1.00 bits per heavy atom. The zero-order valence-electron chi connectivity index (χ0n) is 16.0.